The maximum absolute atomic E-state index is 12.8. The number of aliphatic hydroxyl groups excluding tert-OH is 1. The molecule has 2 aromatic rings. The van der Waals surface area contributed by atoms with Crippen LogP contribution in [0.5, 0.6) is 5.75 Å². The van der Waals surface area contributed by atoms with E-state index in [9.17, 15) is 4.79 Å². The van der Waals surface area contributed by atoms with Crippen LogP contribution in [0.2, 0.25) is 0 Å². The lowest BCUT2D eigenvalue weighted by molar-refractivity contribution is -0.133. The second-order valence-electron chi connectivity index (χ2n) is 9.17. The number of amides is 1. The Morgan fingerprint density at radius 1 is 1.28 bits per heavy atom. The summed E-state index contributed by atoms with van der Waals surface area (Å²) in [5.74, 6) is 0.979. The molecule has 1 aliphatic carbocycles. The third kappa shape index (κ3) is 5.41. The molecular weight excluding hydrogens is 406 g/mol. The smallest absolute Gasteiger partial charge is 0.222 e. The van der Waals surface area contributed by atoms with Gasteiger partial charge in [-0.3, -0.25) is 14.5 Å². The molecule has 1 saturated heterocycles. The van der Waals surface area contributed by atoms with Gasteiger partial charge in [0, 0.05) is 44.4 Å². The van der Waals surface area contributed by atoms with Crippen LogP contribution in [0, 0.1) is 5.41 Å². The Kier molecular flexibility index (Phi) is 7.29. The summed E-state index contributed by atoms with van der Waals surface area (Å²) < 4.78 is 7.12. The van der Waals surface area contributed by atoms with Crippen molar-refractivity contribution in [3.63, 3.8) is 0 Å². The van der Waals surface area contributed by atoms with Gasteiger partial charge in [-0.25, -0.2) is 0 Å². The summed E-state index contributed by atoms with van der Waals surface area (Å²) in [6.45, 7) is 2.36. The van der Waals surface area contributed by atoms with Crippen LogP contribution in [0.3, 0.4) is 0 Å². The fourth-order valence-corrected chi connectivity index (χ4v) is 5.18. The molecule has 0 atom stereocenters. The summed E-state index contributed by atoms with van der Waals surface area (Å²) in [6.07, 6.45) is 13.6. The van der Waals surface area contributed by atoms with Crippen LogP contribution in [0.25, 0.3) is 0 Å². The van der Waals surface area contributed by atoms with E-state index in [0.29, 0.717) is 30.8 Å². The molecule has 1 amide bonds. The van der Waals surface area contributed by atoms with Gasteiger partial charge in [-0.05, 0) is 56.1 Å². The highest BCUT2D eigenvalue weighted by Crippen LogP contribution is 2.45. The van der Waals surface area contributed by atoms with E-state index in [1.807, 2.05) is 29.4 Å². The Morgan fingerprint density at radius 3 is 2.78 bits per heavy atom. The van der Waals surface area contributed by atoms with Crippen molar-refractivity contribution < 1.29 is 14.6 Å². The quantitative estimate of drug-likeness (QED) is 0.654. The first kappa shape index (κ1) is 22.6. The standard InChI is InChI=1S/C24H35N5O3/c1-32-22-3-2-12-25-21(22)4-5-23(31)28-13-10-24(11-14-28)8-6-19(7-9-24)27-20-17-26-29(18-20)15-16-30/h2-3,12,17-19,27,30H,4-11,13-16H2,1H3. The van der Waals surface area contributed by atoms with E-state index in [0.717, 1.165) is 55.9 Å². The minimum Gasteiger partial charge on any atom is -0.495 e. The van der Waals surface area contributed by atoms with Crippen LogP contribution < -0.4 is 10.1 Å². The minimum absolute atomic E-state index is 0.101. The average molecular weight is 442 g/mol. The number of likely N-dealkylation sites (tertiary alicyclic amines) is 1. The second kappa shape index (κ2) is 10.3. The molecule has 1 saturated carbocycles. The van der Waals surface area contributed by atoms with E-state index in [1.54, 1.807) is 18.0 Å². The maximum atomic E-state index is 12.8. The first-order valence-corrected chi connectivity index (χ1v) is 11.8. The Labute approximate surface area is 190 Å². The highest BCUT2D eigenvalue weighted by molar-refractivity contribution is 5.76. The number of nitrogens with zero attached hydrogens (tertiary/aromatic N) is 4. The monoisotopic (exact) mass is 441 g/mol. The molecule has 3 heterocycles. The number of aliphatic hydroxyl groups is 1. The number of carbonyl (C=O) groups is 1. The number of hydrogen-bond donors (Lipinski definition) is 2. The molecular formula is C24H35N5O3. The number of ether oxygens (including phenoxy) is 1. The minimum atomic E-state index is 0.101. The summed E-state index contributed by atoms with van der Waals surface area (Å²) in [5.41, 5.74) is 2.27. The maximum Gasteiger partial charge on any atom is 0.222 e. The lowest BCUT2D eigenvalue weighted by Crippen LogP contribution is -2.45. The highest BCUT2D eigenvalue weighted by Gasteiger charge is 2.38. The van der Waals surface area contributed by atoms with Gasteiger partial charge in [-0.15, -0.1) is 0 Å². The molecule has 8 nitrogen and oxygen atoms in total. The fourth-order valence-electron chi connectivity index (χ4n) is 5.18. The van der Waals surface area contributed by atoms with Crippen LogP contribution in [-0.2, 0) is 17.8 Å². The summed E-state index contributed by atoms with van der Waals surface area (Å²) in [6, 6.07) is 4.22. The average Bonchev–Trinajstić information content (AvgIpc) is 3.27. The zero-order valence-corrected chi connectivity index (χ0v) is 19.0. The largest absolute Gasteiger partial charge is 0.495 e. The van der Waals surface area contributed by atoms with Crippen LogP contribution in [0.15, 0.2) is 30.7 Å². The summed E-state index contributed by atoms with van der Waals surface area (Å²) in [7, 11) is 1.64. The number of pyridine rings is 1. The van der Waals surface area contributed by atoms with Crippen LogP contribution in [0.4, 0.5) is 5.69 Å². The van der Waals surface area contributed by atoms with Crippen molar-refractivity contribution in [3.05, 3.63) is 36.4 Å². The van der Waals surface area contributed by atoms with Gasteiger partial charge in [0.05, 0.1) is 37.8 Å². The molecule has 1 aliphatic heterocycles. The highest BCUT2D eigenvalue weighted by atomic mass is 16.5. The third-order valence-electron chi connectivity index (χ3n) is 7.20. The third-order valence-corrected chi connectivity index (χ3v) is 7.20. The van der Waals surface area contributed by atoms with Crippen molar-refractivity contribution in [2.45, 2.75) is 64.0 Å². The molecule has 2 aliphatic rings. The SMILES string of the molecule is COc1cccnc1CCC(=O)N1CCC2(CCC(Nc3cnn(CCO)c3)CC2)CC1. The summed E-state index contributed by atoms with van der Waals surface area (Å²) in [4.78, 5) is 19.2. The topological polar surface area (TPSA) is 92.5 Å². The molecule has 32 heavy (non-hydrogen) atoms. The van der Waals surface area contributed by atoms with Gasteiger partial charge in [0.1, 0.15) is 5.75 Å². The zero-order valence-electron chi connectivity index (χ0n) is 19.0. The number of nitrogens with one attached hydrogen (secondary N) is 1. The summed E-state index contributed by atoms with van der Waals surface area (Å²) >= 11 is 0. The van der Waals surface area contributed by atoms with E-state index in [2.05, 4.69) is 15.4 Å². The van der Waals surface area contributed by atoms with Crippen molar-refractivity contribution in [1.82, 2.24) is 19.7 Å². The molecule has 0 radical (unpaired) electrons. The van der Waals surface area contributed by atoms with Crippen LogP contribution in [-0.4, -0.2) is 63.5 Å². The Hall–Kier alpha value is -2.61. The lowest BCUT2D eigenvalue weighted by Gasteiger charge is -2.46. The Balaban J connectivity index is 1.21. The Morgan fingerprint density at radius 2 is 2.06 bits per heavy atom. The predicted octanol–water partition coefficient (Wildman–Crippen LogP) is 2.88. The van der Waals surface area contributed by atoms with Gasteiger partial charge in [-0.1, -0.05) is 0 Å². The van der Waals surface area contributed by atoms with E-state index >= 15 is 0 Å². The number of carbonyl (C=O) groups excluding carboxylic acids is 1. The molecule has 0 aromatic carbocycles. The predicted molar refractivity (Wildman–Crippen MR) is 123 cm³/mol. The number of aryl methyl sites for hydroxylation is 1. The molecule has 2 fully saturated rings. The fraction of sp³-hybridized carbons (Fsp3) is 0.625. The van der Waals surface area contributed by atoms with Gasteiger partial charge >= 0.3 is 0 Å². The van der Waals surface area contributed by atoms with E-state index in [-0.39, 0.29) is 12.5 Å². The van der Waals surface area contributed by atoms with Gasteiger partial charge in [0.25, 0.3) is 0 Å². The molecule has 2 aromatic heterocycles. The van der Waals surface area contributed by atoms with Gasteiger partial charge in [0.2, 0.25) is 5.91 Å². The van der Waals surface area contributed by atoms with Crippen molar-refractivity contribution in [1.29, 1.82) is 0 Å². The van der Waals surface area contributed by atoms with E-state index in [4.69, 9.17) is 9.84 Å². The van der Waals surface area contributed by atoms with Crippen molar-refractivity contribution in [2.24, 2.45) is 5.41 Å². The van der Waals surface area contributed by atoms with E-state index < -0.39 is 0 Å². The van der Waals surface area contributed by atoms with Crippen LogP contribution in [0.1, 0.15) is 50.6 Å². The first-order valence-electron chi connectivity index (χ1n) is 11.8. The number of piperidine rings is 1. The number of rotatable bonds is 8. The normalized spacial score (nSPS) is 18.6. The summed E-state index contributed by atoms with van der Waals surface area (Å²) in [5, 5.41) is 16.9. The van der Waals surface area contributed by atoms with Crippen molar-refractivity contribution in [3.8, 4) is 5.75 Å². The molecule has 174 valence electrons. The number of hydrogen-bond acceptors (Lipinski definition) is 6. The van der Waals surface area contributed by atoms with Crippen LogP contribution >= 0.6 is 0 Å². The van der Waals surface area contributed by atoms with Gasteiger partial charge in [-0.2, -0.15) is 5.10 Å². The number of aromatic nitrogens is 3. The number of anilines is 1. The van der Waals surface area contributed by atoms with Gasteiger partial charge in [0.15, 0.2) is 0 Å². The van der Waals surface area contributed by atoms with Gasteiger partial charge < -0.3 is 20.1 Å². The Bertz CT molecular complexity index is 881. The zero-order chi connectivity index (χ0) is 22.4. The van der Waals surface area contributed by atoms with Crippen molar-refractivity contribution in [2.75, 3.05) is 32.1 Å². The molecule has 2 N–H and O–H groups in total. The van der Waals surface area contributed by atoms with E-state index in [1.165, 1.54) is 12.8 Å². The molecule has 8 heteroatoms. The van der Waals surface area contributed by atoms with Crippen molar-refractivity contribution >= 4 is 11.6 Å². The molecule has 1 spiro atoms. The molecule has 4 rings (SSSR count). The number of methoxy groups -OCH3 is 1. The second-order valence-corrected chi connectivity index (χ2v) is 9.17. The lowest BCUT2D eigenvalue weighted by atomic mass is 9.67. The molecule has 0 bridgehead atoms. The molecule has 0 unspecified atom stereocenters. The first-order chi connectivity index (χ1) is 15.6.